The van der Waals surface area contributed by atoms with Gasteiger partial charge in [0.05, 0.1) is 10.7 Å². The number of amides is 1. The van der Waals surface area contributed by atoms with Gasteiger partial charge in [0, 0.05) is 6.42 Å². The Morgan fingerprint density at radius 3 is 2.62 bits per heavy atom. The van der Waals surface area contributed by atoms with E-state index in [0.717, 1.165) is 10.6 Å². The number of aliphatic carboxylic acids is 1. The van der Waals surface area contributed by atoms with Crippen LogP contribution in [0.15, 0.2) is 30.3 Å². The Balaban J connectivity index is 2.12. The standard InChI is InChI=1S/C15H16N2O3S/c1-9-13(14(18)17-10(2)15(19)20)21-12(16-9)8-11-6-4-3-5-7-11/h3-7,10H,8H2,1-2H3,(H,17,18)(H,19,20)/t10-/m0/s1. The Labute approximate surface area is 126 Å². The minimum Gasteiger partial charge on any atom is -0.480 e. The first kappa shape index (κ1) is 15.2. The number of nitrogens with zero attached hydrogens (tertiary/aromatic N) is 1. The SMILES string of the molecule is Cc1nc(Cc2ccccc2)sc1C(=O)N[C@@H](C)C(=O)O. The highest BCUT2D eigenvalue weighted by atomic mass is 32.1. The molecule has 0 aliphatic carbocycles. The van der Waals surface area contributed by atoms with E-state index in [1.807, 2.05) is 30.3 Å². The third kappa shape index (κ3) is 3.88. The van der Waals surface area contributed by atoms with Crippen LogP contribution in [0.1, 0.15) is 32.9 Å². The summed E-state index contributed by atoms with van der Waals surface area (Å²) in [4.78, 5) is 27.7. The van der Waals surface area contributed by atoms with E-state index in [4.69, 9.17) is 5.11 Å². The van der Waals surface area contributed by atoms with Crippen molar-refractivity contribution in [2.24, 2.45) is 0 Å². The van der Waals surface area contributed by atoms with Gasteiger partial charge >= 0.3 is 5.97 Å². The van der Waals surface area contributed by atoms with Gasteiger partial charge < -0.3 is 10.4 Å². The number of thiazole rings is 1. The zero-order valence-corrected chi connectivity index (χ0v) is 12.6. The van der Waals surface area contributed by atoms with Crippen LogP contribution in [0.4, 0.5) is 0 Å². The van der Waals surface area contributed by atoms with E-state index in [2.05, 4.69) is 10.3 Å². The highest BCUT2D eigenvalue weighted by molar-refractivity contribution is 7.13. The van der Waals surface area contributed by atoms with Crippen molar-refractivity contribution >= 4 is 23.2 Å². The molecule has 21 heavy (non-hydrogen) atoms. The number of benzene rings is 1. The van der Waals surface area contributed by atoms with Gasteiger partial charge in [-0.2, -0.15) is 0 Å². The predicted molar refractivity (Wildman–Crippen MR) is 80.7 cm³/mol. The average Bonchev–Trinajstić information content (AvgIpc) is 2.80. The summed E-state index contributed by atoms with van der Waals surface area (Å²) in [6, 6.07) is 8.95. The maximum atomic E-state index is 12.0. The maximum absolute atomic E-state index is 12.0. The van der Waals surface area contributed by atoms with Gasteiger partial charge in [0.15, 0.2) is 0 Å². The molecule has 0 unspecified atom stereocenters. The van der Waals surface area contributed by atoms with Gasteiger partial charge in [-0.1, -0.05) is 30.3 Å². The quantitative estimate of drug-likeness (QED) is 0.888. The van der Waals surface area contributed by atoms with Crippen molar-refractivity contribution in [2.45, 2.75) is 26.3 Å². The van der Waals surface area contributed by atoms with Crippen LogP contribution in [0.5, 0.6) is 0 Å². The Kier molecular flexibility index (Phi) is 4.70. The summed E-state index contributed by atoms with van der Waals surface area (Å²) in [5, 5.41) is 12.1. The monoisotopic (exact) mass is 304 g/mol. The molecule has 110 valence electrons. The minimum atomic E-state index is -1.06. The van der Waals surface area contributed by atoms with Crippen LogP contribution >= 0.6 is 11.3 Å². The van der Waals surface area contributed by atoms with E-state index in [-0.39, 0.29) is 5.91 Å². The van der Waals surface area contributed by atoms with Crippen molar-refractivity contribution in [1.82, 2.24) is 10.3 Å². The molecule has 0 saturated heterocycles. The van der Waals surface area contributed by atoms with E-state index in [9.17, 15) is 9.59 Å². The number of aromatic nitrogens is 1. The Bertz CT molecular complexity index is 652. The molecule has 0 saturated carbocycles. The van der Waals surface area contributed by atoms with Crippen LogP contribution in [0.2, 0.25) is 0 Å². The highest BCUT2D eigenvalue weighted by Gasteiger charge is 2.20. The number of carboxylic acid groups (broad SMARTS) is 1. The smallest absolute Gasteiger partial charge is 0.325 e. The largest absolute Gasteiger partial charge is 0.480 e. The molecular formula is C15H16N2O3S. The third-order valence-electron chi connectivity index (χ3n) is 2.96. The summed E-state index contributed by atoms with van der Waals surface area (Å²) in [7, 11) is 0. The first-order valence-corrected chi connectivity index (χ1v) is 7.33. The number of hydrogen-bond donors (Lipinski definition) is 2. The summed E-state index contributed by atoms with van der Waals surface area (Å²) < 4.78 is 0. The molecular weight excluding hydrogens is 288 g/mol. The molecule has 0 radical (unpaired) electrons. The number of carbonyl (C=O) groups is 2. The first-order chi connectivity index (χ1) is 9.97. The van der Waals surface area contributed by atoms with Gasteiger partial charge in [-0.25, -0.2) is 4.98 Å². The van der Waals surface area contributed by atoms with E-state index in [1.54, 1.807) is 6.92 Å². The van der Waals surface area contributed by atoms with Gasteiger partial charge in [-0.15, -0.1) is 11.3 Å². The zero-order chi connectivity index (χ0) is 15.4. The van der Waals surface area contributed by atoms with Crippen molar-refractivity contribution in [3.63, 3.8) is 0 Å². The molecule has 1 aromatic heterocycles. The molecule has 0 spiro atoms. The molecule has 2 rings (SSSR count). The van der Waals surface area contributed by atoms with Crippen molar-refractivity contribution in [1.29, 1.82) is 0 Å². The Morgan fingerprint density at radius 2 is 2.00 bits per heavy atom. The lowest BCUT2D eigenvalue weighted by Crippen LogP contribution is -2.38. The second-order valence-electron chi connectivity index (χ2n) is 4.72. The molecule has 0 aliphatic rings. The summed E-state index contributed by atoms with van der Waals surface area (Å²) in [6.07, 6.45) is 0.661. The molecule has 1 aromatic carbocycles. The number of aryl methyl sites for hydroxylation is 1. The molecule has 2 aromatic rings. The second kappa shape index (κ2) is 6.49. The van der Waals surface area contributed by atoms with Crippen LogP contribution in [0.25, 0.3) is 0 Å². The third-order valence-corrected chi connectivity index (χ3v) is 4.12. The zero-order valence-electron chi connectivity index (χ0n) is 11.8. The predicted octanol–water partition coefficient (Wildman–Crippen LogP) is 2.25. The van der Waals surface area contributed by atoms with E-state index in [0.29, 0.717) is 17.0 Å². The van der Waals surface area contributed by atoms with E-state index in [1.165, 1.54) is 18.3 Å². The number of carboxylic acids is 1. The van der Waals surface area contributed by atoms with Crippen molar-refractivity contribution in [3.05, 3.63) is 51.5 Å². The van der Waals surface area contributed by atoms with E-state index < -0.39 is 12.0 Å². The average molecular weight is 304 g/mol. The lowest BCUT2D eigenvalue weighted by Gasteiger charge is -2.07. The lowest BCUT2D eigenvalue weighted by molar-refractivity contribution is -0.138. The van der Waals surface area contributed by atoms with Crippen molar-refractivity contribution in [3.8, 4) is 0 Å². The van der Waals surface area contributed by atoms with Gasteiger partial charge in [0.1, 0.15) is 10.9 Å². The molecule has 2 N–H and O–H groups in total. The molecule has 5 nitrogen and oxygen atoms in total. The number of rotatable bonds is 5. The van der Waals surface area contributed by atoms with Gasteiger partial charge in [-0.3, -0.25) is 9.59 Å². The van der Waals surface area contributed by atoms with Crippen LogP contribution in [-0.2, 0) is 11.2 Å². The Hall–Kier alpha value is -2.21. The molecule has 1 heterocycles. The lowest BCUT2D eigenvalue weighted by atomic mass is 10.2. The topological polar surface area (TPSA) is 79.3 Å². The fourth-order valence-corrected chi connectivity index (χ4v) is 2.83. The van der Waals surface area contributed by atoms with Crippen LogP contribution in [0, 0.1) is 6.92 Å². The van der Waals surface area contributed by atoms with Crippen LogP contribution in [0.3, 0.4) is 0 Å². The fourth-order valence-electron chi connectivity index (χ4n) is 1.83. The minimum absolute atomic E-state index is 0.390. The van der Waals surface area contributed by atoms with Crippen molar-refractivity contribution in [2.75, 3.05) is 0 Å². The molecule has 0 bridgehead atoms. The number of hydrogen-bond acceptors (Lipinski definition) is 4. The summed E-state index contributed by atoms with van der Waals surface area (Å²) in [5.41, 5.74) is 1.75. The first-order valence-electron chi connectivity index (χ1n) is 6.51. The Morgan fingerprint density at radius 1 is 1.33 bits per heavy atom. The molecule has 6 heteroatoms. The number of nitrogens with one attached hydrogen (secondary N) is 1. The second-order valence-corrected chi connectivity index (χ2v) is 5.80. The summed E-state index contributed by atoms with van der Waals surface area (Å²) in [6.45, 7) is 3.19. The van der Waals surface area contributed by atoms with Gasteiger partial charge in [0.2, 0.25) is 0 Å². The van der Waals surface area contributed by atoms with Crippen LogP contribution in [-0.4, -0.2) is 28.0 Å². The molecule has 1 amide bonds. The van der Waals surface area contributed by atoms with Crippen molar-refractivity contribution < 1.29 is 14.7 Å². The van der Waals surface area contributed by atoms with E-state index >= 15 is 0 Å². The number of carbonyl (C=O) groups excluding carboxylic acids is 1. The molecule has 0 aliphatic heterocycles. The highest BCUT2D eigenvalue weighted by Crippen LogP contribution is 2.20. The van der Waals surface area contributed by atoms with Gasteiger partial charge in [0.25, 0.3) is 5.91 Å². The maximum Gasteiger partial charge on any atom is 0.325 e. The molecule has 1 atom stereocenters. The summed E-state index contributed by atoms with van der Waals surface area (Å²) in [5.74, 6) is -1.45. The van der Waals surface area contributed by atoms with Gasteiger partial charge in [-0.05, 0) is 19.4 Å². The molecule has 0 fully saturated rings. The fraction of sp³-hybridized carbons (Fsp3) is 0.267. The van der Waals surface area contributed by atoms with Crippen LogP contribution < -0.4 is 5.32 Å². The summed E-state index contributed by atoms with van der Waals surface area (Å²) >= 11 is 1.30. The normalized spacial score (nSPS) is 11.9.